The van der Waals surface area contributed by atoms with Gasteiger partial charge in [-0.15, -0.1) is 11.3 Å². The summed E-state index contributed by atoms with van der Waals surface area (Å²) in [6.07, 6.45) is 1.32. The monoisotopic (exact) mass is 275 g/mol. The fourth-order valence-electron chi connectivity index (χ4n) is 2.70. The highest BCUT2D eigenvalue weighted by atomic mass is 32.1. The molecule has 0 amide bonds. The Morgan fingerprint density at radius 3 is 3.05 bits per heavy atom. The van der Waals surface area contributed by atoms with Crippen molar-refractivity contribution < 1.29 is 0 Å². The van der Waals surface area contributed by atoms with Gasteiger partial charge in [-0.25, -0.2) is 4.98 Å². The minimum Gasteiger partial charge on any atom is -0.308 e. The number of nitrogens with one attached hydrogen (secondary N) is 1. The molecule has 0 aliphatic carbocycles. The van der Waals surface area contributed by atoms with Crippen LogP contribution >= 0.6 is 11.3 Å². The van der Waals surface area contributed by atoms with Gasteiger partial charge in [0.1, 0.15) is 5.01 Å². The van der Waals surface area contributed by atoms with Crippen LogP contribution in [-0.4, -0.2) is 36.6 Å². The molecule has 3 rings (SSSR count). The Balaban J connectivity index is 1.61. The fraction of sp³-hybridized carbons (Fsp3) is 0.533. The minimum absolute atomic E-state index is 0.350. The zero-order valence-electron chi connectivity index (χ0n) is 11.6. The molecule has 1 aromatic carbocycles. The van der Waals surface area contributed by atoms with Crippen LogP contribution in [0, 0.1) is 5.92 Å². The summed E-state index contributed by atoms with van der Waals surface area (Å²) in [6.45, 7) is 5.78. The topological polar surface area (TPSA) is 28.2 Å². The standard InChI is InChI=1S/C15H21N3S/c1-11(16-9-12-7-8-18(2)10-12)15-17-13-5-3-4-6-14(13)19-15/h3-6,11-12,16H,7-10H2,1-2H3. The summed E-state index contributed by atoms with van der Waals surface area (Å²) in [7, 11) is 2.21. The summed E-state index contributed by atoms with van der Waals surface area (Å²) in [5.74, 6) is 0.793. The van der Waals surface area contributed by atoms with Crippen molar-refractivity contribution in [2.24, 2.45) is 5.92 Å². The van der Waals surface area contributed by atoms with Crippen LogP contribution in [-0.2, 0) is 0 Å². The number of likely N-dealkylation sites (tertiary alicyclic amines) is 1. The van der Waals surface area contributed by atoms with Gasteiger partial charge in [0.05, 0.1) is 16.3 Å². The van der Waals surface area contributed by atoms with E-state index in [-0.39, 0.29) is 0 Å². The number of benzene rings is 1. The van der Waals surface area contributed by atoms with Crippen molar-refractivity contribution in [3.05, 3.63) is 29.3 Å². The van der Waals surface area contributed by atoms with Crippen LogP contribution in [0.2, 0.25) is 0 Å². The number of thiazole rings is 1. The molecule has 0 spiro atoms. The van der Waals surface area contributed by atoms with E-state index in [1.807, 2.05) is 0 Å². The smallest absolute Gasteiger partial charge is 0.111 e. The molecule has 1 N–H and O–H groups in total. The molecule has 0 radical (unpaired) electrons. The second-order valence-corrected chi connectivity index (χ2v) is 6.63. The molecule has 1 fully saturated rings. The minimum atomic E-state index is 0.350. The first-order valence-electron chi connectivity index (χ1n) is 7.00. The Bertz CT molecular complexity index is 518. The van der Waals surface area contributed by atoms with E-state index < -0.39 is 0 Å². The van der Waals surface area contributed by atoms with E-state index in [9.17, 15) is 0 Å². The van der Waals surface area contributed by atoms with Crippen molar-refractivity contribution in [1.29, 1.82) is 0 Å². The van der Waals surface area contributed by atoms with Gasteiger partial charge in [-0.3, -0.25) is 0 Å². The maximum atomic E-state index is 4.72. The van der Waals surface area contributed by atoms with Crippen molar-refractivity contribution in [3.63, 3.8) is 0 Å². The van der Waals surface area contributed by atoms with Gasteiger partial charge >= 0.3 is 0 Å². The van der Waals surface area contributed by atoms with Crippen molar-refractivity contribution in [2.75, 3.05) is 26.7 Å². The van der Waals surface area contributed by atoms with E-state index in [0.717, 1.165) is 18.0 Å². The Morgan fingerprint density at radius 2 is 2.32 bits per heavy atom. The first-order valence-corrected chi connectivity index (χ1v) is 7.81. The van der Waals surface area contributed by atoms with Gasteiger partial charge in [0, 0.05) is 6.54 Å². The largest absolute Gasteiger partial charge is 0.308 e. The average molecular weight is 275 g/mol. The molecule has 102 valence electrons. The van der Waals surface area contributed by atoms with E-state index in [0.29, 0.717) is 6.04 Å². The Morgan fingerprint density at radius 1 is 1.47 bits per heavy atom. The SMILES string of the molecule is CC(NCC1CCN(C)C1)c1nc2ccccc2s1. The quantitative estimate of drug-likeness (QED) is 0.930. The predicted octanol–water partition coefficient (Wildman–Crippen LogP) is 2.90. The van der Waals surface area contributed by atoms with Crippen LogP contribution in [0.3, 0.4) is 0 Å². The number of hydrogen-bond acceptors (Lipinski definition) is 4. The van der Waals surface area contributed by atoms with Crippen LogP contribution < -0.4 is 5.32 Å². The fourth-order valence-corrected chi connectivity index (χ4v) is 3.69. The van der Waals surface area contributed by atoms with Gasteiger partial charge in [0.2, 0.25) is 0 Å². The van der Waals surface area contributed by atoms with E-state index in [1.165, 1.54) is 29.2 Å². The second-order valence-electron chi connectivity index (χ2n) is 5.57. The van der Waals surface area contributed by atoms with Crippen LogP contribution in [0.5, 0.6) is 0 Å². The van der Waals surface area contributed by atoms with Gasteiger partial charge in [0.15, 0.2) is 0 Å². The lowest BCUT2D eigenvalue weighted by Gasteiger charge is -2.15. The van der Waals surface area contributed by atoms with E-state index in [1.54, 1.807) is 11.3 Å². The molecule has 1 aliphatic heterocycles. The molecule has 1 aromatic heterocycles. The Labute approximate surface area is 118 Å². The normalized spacial score (nSPS) is 22.1. The molecule has 0 bridgehead atoms. The van der Waals surface area contributed by atoms with E-state index >= 15 is 0 Å². The lowest BCUT2D eigenvalue weighted by Crippen LogP contribution is -2.27. The molecule has 2 unspecified atom stereocenters. The first-order chi connectivity index (χ1) is 9.22. The van der Waals surface area contributed by atoms with Crippen LogP contribution in [0.25, 0.3) is 10.2 Å². The van der Waals surface area contributed by atoms with E-state index in [2.05, 4.69) is 48.5 Å². The molecule has 2 heterocycles. The third-order valence-corrected chi connectivity index (χ3v) is 5.10. The van der Waals surface area contributed by atoms with Crippen molar-refractivity contribution in [2.45, 2.75) is 19.4 Å². The molecule has 4 heteroatoms. The average Bonchev–Trinajstić information content (AvgIpc) is 3.01. The number of aromatic nitrogens is 1. The first kappa shape index (κ1) is 13.0. The Kier molecular flexibility index (Phi) is 3.82. The highest BCUT2D eigenvalue weighted by Crippen LogP contribution is 2.26. The van der Waals surface area contributed by atoms with Crippen LogP contribution in [0.1, 0.15) is 24.4 Å². The lowest BCUT2D eigenvalue weighted by atomic mass is 10.1. The van der Waals surface area contributed by atoms with Crippen molar-refractivity contribution in [1.82, 2.24) is 15.2 Å². The van der Waals surface area contributed by atoms with Gasteiger partial charge in [0.25, 0.3) is 0 Å². The van der Waals surface area contributed by atoms with Gasteiger partial charge < -0.3 is 10.2 Å². The molecule has 2 aromatic rings. The molecular formula is C15H21N3S. The number of rotatable bonds is 4. The third-order valence-electron chi connectivity index (χ3n) is 3.88. The molecule has 19 heavy (non-hydrogen) atoms. The van der Waals surface area contributed by atoms with Crippen molar-refractivity contribution >= 4 is 21.6 Å². The zero-order chi connectivity index (χ0) is 13.2. The third kappa shape index (κ3) is 2.96. The highest BCUT2D eigenvalue weighted by Gasteiger charge is 2.20. The molecule has 1 saturated heterocycles. The van der Waals surface area contributed by atoms with Crippen LogP contribution in [0.4, 0.5) is 0 Å². The summed E-state index contributed by atoms with van der Waals surface area (Å²) >= 11 is 1.80. The Hall–Kier alpha value is -0.970. The number of para-hydroxylation sites is 1. The second kappa shape index (κ2) is 5.57. The molecule has 2 atom stereocenters. The lowest BCUT2D eigenvalue weighted by molar-refractivity contribution is 0.382. The summed E-state index contributed by atoms with van der Waals surface area (Å²) < 4.78 is 1.28. The molecule has 0 saturated carbocycles. The highest BCUT2D eigenvalue weighted by molar-refractivity contribution is 7.18. The van der Waals surface area contributed by atoms with Gasteiger partial charge in [-0.05, 0) is 51.5 Å². The maximum Gasteiger partial charge on any atom is 0.111 e. The number of nitrogens with zero attached hydrogens (tertiary/aromatic N) is 2. The zero-order valence-corrected chi connectivity index (χ0v) is 12.4. The summed E-state index contributed by atoms with van der Waals surface area (Å²) in [5, 5.41) is 4.85. The molecule has 3 nitrogen and oxygen atoms in total. The molecule has 1 aliphatic rings. The summed E-state index contributed by atoms with van der Waals surface area (Å²) in [6, 6.07) is 8.72. The van der Waals surface area contributed by atoms with Gasteiger partial charge in [-0.2, -0.15) is 0 Å². The molecular weight excluding hydrogens is 254 g/mol. The van der Waals surface area contributed by atoms with Crippen LogP contribution in [0.15, 0.2) is 24.3 Å². The summed E-state index contributed by atoms with van der Waals surface area (Å²) in [4.78, 5) is 7.13. The predicted molar refractivity (Wildman–Crippen MR) is 81.6 cm³/mol. The summed E-state index contributed by atoms with van der Waals surface area (Å²) in [5.41, 5.74) is 1.12. The maximum absolute atomic E-state index is 4.72. The van der Waals surface area contributed by atoms with E-state index in [4.69, 9.17) is 4.98 Å². The number of hydrogen-bond donors (Lipinski definition) is 1. The van der Waals surface area contributed by atoms with Crippen molar-refractivity contribution in [3.8, 4) is 0 Å². The number of fused-ring (bicyclic) bond motifs is 1. The van der Waals surface area contributed by atoms with Gasteiger partial charge in [-0.1, -0.05) is 12.1 Å².